The van der Waals surface area contributed by atoms with Crippen LogP contribution in [0.5, 0.6) is 0 Å². The van der Waals surface area contributed by atoms with Gasteiger partial charge in [-0.1, -0.05) is 18.2 Å². The van der Waals surface area contributed by atoms with Gasteiger partial charge in [0.05, 0.1) is 5.52 Å². The molecule has 1 aromatic heterocycles. The Hall–Kier alpha value is -1.81. The Morgan fingerprint density at radius 2 is 2.29 bits per heavy atom. The summed E-state index contributed by atoms with van der Waals surface area (Å²) in [4.78, 5) is 16.2. The van der Waals surface area contributed by atoms with Crippen molar-refractivity contribution in [2.45, 2.75) is 6.42 Å². The van der Waals surface area contributed by atoms with Crippen LogP contribution in [-0.4, -0.2) is 30.0 Å². The number of nitrogens with one attached hydrogen (secondary N) is 1. The Balaban J connectivity index is 2.14. The van der Waals surface area contributed by atoms with Crippen LogP contribution in [0.2, 0.25) is 0 Å². The van der Waals surface area contributed by atoms with Gasteiger partial charge in [0.15, 0.2) is 5.58 Å². The Morgan fingerprint density at radius 1 is 1.41 bits per heavy atom. The number of nitrogens with zero attached hydrogens (tertiary/aromatic N) is 1. The summed E-state index contributed by atoms with van der Waals surface area (Å²) < 4.78 is 5.21. The first-order chi connectivity index (χ1) is 8.24. The number of likely N-dealkylation sites (N-methyl/N-ethyl adjacent to an activating group) is 1. The van der Waals surface area contributed by atoms with E-state index in [4.69, 9.17) is 4.42 Å². The molecule has 0 bridgehead atoms. The molecule has 0 saturated heterocycles. The lowest BCUT2D eigenvalue weighted by molar-refractivity contribution is 0.370. The molecule has 1 N–H and O–H groups in total. The molecule has 0 atom stereocenters. The minimum atomic E-state index is -0.388. The zero-order chi connectivity index (χ0) is 11.8. The molecule has 2 aromatic rings. The van der Waals surface area contributed by atoms with Crippen LogP contribution in [-0.2, 0) is 0 Å². The van der Waals surface area contributed by atoms with Crippen molar-refractivity contribution >= 4 is 16.7 Å². The van der Waals surface area contributed by atoms with Gasteiger partial charge in [-0.2, -0.15) is 0 Å². The van der Waals surface area contributed by atoms with Crippen molar-refractivity contribution in [3.63, 3.8) is 0 Å². The van der Waals surface area contributed by atoms with Gasteiger partial charge in [-0.25, -0.2) is 4.79 Å². The topological polar surface area (TPSA) is 49.2 Å². The lowest BCUT2D eigenvalue weighted by Gasteiger charge is -2.21. The number of rotatable bonds is 1. The highest BCUT2D eigenvalue weighted by molar-refractivity contribution is 5.87. The highest BCUT2D eigenvalue weighted by Gasteiger charge is 2.14. The molecule has 1 aliphatic rings. The van der Waals surface area contributed by atoms with Gasteiger partial charge in [-0.3, -0.25) is 4.98 Å². The second-order valence-corrected chi connectivity index (χ2v) is 4.44. The van der Waals surface area contributed by atoms with E-state index in [1.165, 1.54) is 5.57 Å². The second-order valence-electron chi connectivity index (χ2n) is 4.44. The van der Waals surface area contributed by atoms with Gasteiger partial charge in [0.1, 0.15) is 0 Å². The molecule has 1 aromatic carbocycles. The first-order valence-electron chi connectivity index (χ1n) is 5.74. The standard InChI is InChI=1S/C13H14N2O2/c1-15-7-5-9(6-8-15)10-3-2-4-11-12(10)17-13(16)14-11/h2-5H,6-8H2,1H3,(H,14,16). The van der Waals surface area contributed by atoms with Crippen molar-refractivity contribution in [2.75, 3.05) is 20.1 Å². The number of aromatic amines is 1. The van der Waals surface area contributed by atoms with Crippen LogP contribution < -0.4 is 5.76 Å². The molecule has 2 heterocycles. The molecule has 88 valence electrons. The lowest BCUT2D eigenvalue weighted by atomic mass is 9.99. The molecule has 0 amide bonds. The fourth-order valence-electron chi connectivity index (χ4n) is 2.24. The van der Waals surface area contributed by atoms with E-state index >= 15 is 0 Å². The quantitative estimate of drug-likeness (QED) is 0.813. The van der Waals surface area contributed by atoms with E-state index in [1.807, 2.05) is 18.2 Å². The van der Waals surface area contributed by atoms with Crippen molar-refractivity contribution < 1.29 is 4.42 Å². The first kappa shape index (κ1) is 10.4. The number of hydrogen-bond acceptors (Lipinski definition) is 3. The van der Waals surface area contributed by atoms with Crippen LogP contribution in [0, 0.1) is 0 Å². The maximum atomic E-state index is 11.2. The van der Waals surface area contributed by atoms with Crippen LogP contribution >= 0.6 is 0 Å². The Kier molecular flexibility index (Phi) is 2.37. The van der Waals surface area contributed by atoms with Crippen LogP contribution in [0.1, 0.15) is 12.0 Å². The first-order valence-corrected chi connectivity index (χ1v) is 5.74. The average Bonchev–Trinajstić information content (AvgIpc) is 2.70. The molecule has 0 spiro atoms. The van der Waals surface area contributed by atoms with E-state index in [-0.39, 0.29) is 5.76 Å². The number of aromatic nitrogens is 1. The van der Waals surface area contributed by atoms with Crippen molar-refractivity contribution in [3.8, 4) is 0 Å². The largest absolute Gasteiger partial charge is 0.417 e. The van der Waals surface area contributed by atoms with E-state index in [2.05, 4.69) is 23.0 Å². The molecule has 4 heteroatoms. The molecule has 17 heavy (non-hydrogen) atoms. The SMILES string of the molecule is CN1CC=C(c2cccc3[nH]c(=O)oc23)CC1. The summed E-state index contributed by atoms with van der Waals surface area (Å²) >= 11 is 0. The Labute approximate surface area is 98.5 Å². The summed E-state index contributed by atoms with van der Waals surface area (Å²) in [5.74, 6) is -0.388. The normalized spacial score (nSPS) is 17.4. The number of hydrogen-bond donors (Lipinski definition) is 1. The van der Waals surface area contributed by atoms with Crippen LogP contribution in [0.25, 0.3) is 16.7 Å². The van der Waals surface area contributed by atoms with Gasteiger partial charge in [-0.15, -0.1) is 0 Å². The zero-order valence-corrected chi connectivity index (χ0v) is 9.69. The fourth-order valence-corrected chi connectivity index (χ4v) is 2.24. The van der Waals surface area contributed by atoms with Gasteiger partial charge in [0.25, 0.3) is 0 Å². The van der Waals surface area contributed by atoms with Gasteiger partial charge in [-0.05, 0) is 25.1 Å². The number of H-pyrrole nitrogens is 1. The molecular weight excluding hydrogens is 216 g/mol. The Morgan fingerprint density at radius 3 is 3.06 bits per heavy atom. The number of oxazole rings is 1. The summed E-state index contributed by atoms with van der Waals surface area (Å²) in [6, 6.07) is 5.82. The van der Waals surface area contributed by atoms with Crippen molar-refractivity contribution in [3.05, 3.63) is 40.4 Å². The highest BCUT2D eigenvalue weighted by atomic mass is 16.4. The van der Waals surface area contributed by atoms with E-state index in [1.54, 1.807) is 0 Å². The van der Waals surface area contributed by atoms with E-state index in [0.29, 0.717) is 5.58 Å². The monoisotopic (exact) mass is 230 g/mol. The molecule has 3 rings (SSSR count). The number of para-hydroxylation sites is 1. The van der Waals surface area contributed by atoms with E-state index in [9.17, 15) is 4.79 Å². The van der Waals surface area contributed by atoms with Crippen LogP contribution in [0.15, 0.2) is 33.5 Å². The van der Waals surface area contributed by atoms with Gasteiger partial charge >= 0.3 is 5.76 Å². The minimum absolute atomic E-state index is 0.388. The summed E-state index contributed by atoms with van der Waals surface area (Å²) in [6.07, 6.45) is 3.19. The van der Waals surface area contributed by atoms with Crippen molar-refractivity contribution in [1.82, 2.24) is 9.88 Å². The molecule has 0 unspecified atom stereocenters. The van der Waals surface area contributed by atoms with Gasteiger partial charge in [0, 0.05) is 18.7 Å². The molecule has 4 nitrogen and oxygen atoms in total. The third-order valence-corrected chi connectivity index (χ3v) is 3.20. The molecule has 0 saturated carbocycles. The second kappa shape index (κ2) is 3.89. The molecule has 0 radical (unpaired) electrons. The third kappa shape index (κ3) is 1.80. The van der Waals surface area contributed by atoms with E-state index < -0.39 is 0 Å². The van der Waals surface area contributed by atoms with Gasteiger partial charge in [0.2, 0.25) is 0 Å². The summed E-state index contributed by atoms with van der Waals surface area (Å²) in [5, 5.41) is 0. The predicted octanol–water partition coefficient (Wildman–Crippen LogP) is 1.84. The predicted molar refractivity (Wildman–Crippen MR) is 66.9 cm³/mol. The zero-order valence-electron chi connectivity index (χ0n) is 9.69. The van der Waals surface area contributed by atoms with Crippen LogP contribution in [0.4, 0.5) is 0 Å². The van der Waals surface area contributed by atoms with Crippen molar-refractivity contribution in [2.24, 2.45) is 0 Å². The van der Waals surface area contributed by atoms with E-state index in [0.717, 1.165) is 30.6 Å². The van der Waals surface area contributed by atoms with Gasteiger partial charge < -0.3 is 9.32 Å². The maximum Gasteiger partial charge on any atom is 0.417 e. The third-order valence-electron chi connectivity index (χ3n) is 3.20. The molecule has 0 aliphatic carbocycles. The average molecular weight is 230 g/mol. The molecule has 1 aliphatic heterocycles. The highest BCUT2D eigenvalue weighted by Crippen LogP contribution is 2.27. The number of benzene rings is 1. The Bertz CT molecular complexity index is 636. The lowest BCUT2D eigenvalue weighted by Crippen LogP contribution is -2.23. The molecule has 0 fully saturated rings. The number of fused-ring (bicyclic) bond motifs is 1. The smallest absolute Gasteiger partial charge is 0.407 e. The molecular formula is C13H14N2O2. The summed E-state index contributed by atoms with van der Waals surface area (Å²) in [5.41, 5.74) is 3.74. The summed E-state index contributed by atoms with van der Waals surface area (Å²) in [6.45, 7) is 1.98. The van der Waals surface area contributed by atoms with Crippen molar-refractivity contribution in [1.29, 1.82) is 0 Å². The summed E-state index contributed by atoms with van der Waals surface area (Å²) in [7, 11) is 2.10. The van der Waals surface area contributed by atoms with Crippen LogP contribution in [0.3, 0.4) is 0 Å². The maximum absolute atomic E-state index is 11.2. The minimum Gasteiger partial charge on any atom is -0.407 e. The fraction of sp³-hybridized carbons (Fsp3) is 0.308.